The third-order valence-electron chi connectivity index (χ3n) is 1.31. The Bertz CT molecular complexity index is 174. The van der Waals surface area contributed by atoms with Gasteiger partial charge in [-0.3, -0.25) is 0 Å². The molecular weight excluding hydrogens is 158 g/mol. The van der Waals surface area contributed by atoms with Crippen LogP contribution in [0, 0.1) is 5.41 Å². The summed E-state index contributed by atoms with van der Waals surface area (Å²) in [5, 5.41) is 0.799. The van der Waals surface area contributed by atoms with Crippen LogP contribution in [-0.4, -0.2) is 6.54 Å². The van der Waals surface area contributed by atoms with Gasteiger partial charge in [-0.2, -0.15) is 0 Å². The maximum Gasteiger partial charge on any atom is 0.0237 e. The molecule has 0 fully saturated rings. The van der Waals surface area contributed by atoms with Gasteiger partial charge in [-0.05, 0) is 17.1 Å². The summed E-state index contributed by atoms with van der Waals surface area (Å²) in [7, 11) is 0. The van der Waals surface area contributed by atoms with Gasteiger partial charge in [0.05, 0.1) is 0 Å². The molecule has 0 aliphatic carbocycles. The standard InChI is InChI=1S/C9H16ClN/c1-7(6-11)5-8(10)9(2,3)4/h5H,1,6,11H2,2-4H3/b8-5+. The minimum atomic E-state index is -0.000332. The van der Waals surface area contributed by atoms with Crippen molar-refractivity contribution in [3.63, 3.8) is 0 Å². The van der Waals surface area contributed by atoms with Crippen molar-refractivity contribution in [2.45, 2.75) is 20.8 Å². The third-order valence-corrected chi connectivity index (χ3v) is 1.99. The predicted molar refractivity (Wildman–Crippen MR) is 51.6 cm³/mol. The monoisotopic (exact) mass is 173 g/mol. The van der Waals surface area contributed by atoms with E-state index in [1.807, 2.05) is 6.08 Å². The van der Waals surface area contributed by atoms with Gasteiger partial charge >= 0.3 is 0 Å². The van der Waals surface area contributed by atoms with Gasteiger partial charge in [-0.15, -0.1) is 0 Å². The molecule has 11 heavy (non-hydrogen) atoms. The summed E-state index contributed by atoms with van der Waals surface area (Å²) < 4.78 is 0. The van der Waals surface area contributed by atoms with Crippen molar-refractivity contribution in [1.29, 1.82) is 0 Å². The number of nitrogens with two attached hydrogens (primary N) is 1. The molecule has 0 heterocycles. The molecule has 0 aromatic rings. The van der Waals surface area contributed by atoms with E-state index in [1.165, 1.54) is 0 Å². The number of hydrogen-bond acceptors (Lipinski definition) is 1. The highest BCUT2D eigenvalue weighted by Gasteiger charge is 2.14. The number of halogens is 1. The Hall–Kier alpha value is -0.270. The van der Waals surface area contributed by atoms with E-state index >= 15 is 0 Å². The van der Waals surface area contributed by atoms with E-state index in [0.717, 1.165) is 10.6 Å². The van der Waals surface area contributed by atoms with Gasteiger partial charge in [0.2, 0.25) is 0 Å². The molecule has 64 valence electrons. The van der Waals surface area contributed by atoms with Crippen molar-refractivity contribution in [1.82, 2.24) is 0 Å². The summed E-state index contributed by atoms with van der Waals surface area (Å²) in [5.41, 5.74) is 6.23. The predicted octanol–water partition coefficient (Wildman–Crippen LogP) is 2.67. The van der Waals surface area contributed by atoms with E-state index in [2.05, 4.69) is 27.4 Å². The second kappa shape index (κ2) is 3.93. The first-order valence-corrected chi connectivity index (χ1v) is 4.01. The molecule has 2 heteroatoms. The lowest BCUT2D eigenvalue weighted by Crippen LogP contribution is -2.07. The van der Waals surface area contributed by atoms with Crippen LogP contribution in [0.3, 0.4) is 0 Å². The van der Waals surface area contributed by atoms with Crippen LogP contribution in [0.5, 0.6) is 0 Å². The molecular formula is C9H16ClN. The second-order valence-electron chi connectivity index (χ2n) is 3.60. The Morgan fingerprint density at radius 2 is 2.00 bits per heavy atom. The highest BCUT2D eigenvalue weighted by molar-refractivity contribution is 6.30. The molecule has 0 amide bonds. The zero-order chi connectivity index (χ0) is 9.07. The fraction of sp³-hybridized carbons (Fsp3) is 0.556. The maximum absolute atomic E-state index is 5.98. The average Bonchev–Trinajstić information content (AvgIpc) is 1.85. The molecule has 0 aliphatic heterocycles. The normalized spacial score (nSPS) is 13.4. The summed E-state index contributed by atoms with van der Waals surface area (Å²) in [4.78, 5) is 0. The average molecular weight is 174 g/mol. The van der Waals surface area contributed by atoms with E-state index < -0.39 is 0 Å². The molecule has 2 N–H and O–H groups in total. The van der Waals surface area contributed by atoms with Crippen molar-refractivity contribution in [2.24, 2.45) is 11.1 Å². The molecule has 0 rings (SSSR count). The number of allylic oxidation sites excluding steroid dienone is 1. The molecule has 0 unspecified atom stereocenters. The maximum atomic E-state index is 5.98. The Morgan fingerprint density at radius 1 is 1.55 bits per heavy atom. The van der Waals surface area contributed by atoms with Crippen molar-refractivity contribution in [3.8, 4) is 0 Å². The molecule has 0 saturated heterocycles. The third kappa shape index (κ3) is 4.23. The molecule has 0 aromatic carbocycles. The van der Waals surface area contributed by atoms with Gasteiger partial charge in [-0.25, -0.2) is 0 Å². The van der Waals surface area contributed by atoms with Gasteiger partial charge in [0.25, 0.3) is 0 Å². The van der Waals surface area contributed by atoms with E-state index in [4.69, 9.17) is 17.3 Å². The smallest absolute Gasteiger partial charge is 0.0237 e. The van der Waals surface area contributed by atoms with Crippen molar-refractivity contribution < 1.29 is 0 Å². The minimum absolute atomic E-state index is 0.000332. The topological polar surface area (TPSA) is 26.0 Å². The van der Waals surface area contributed by atoms with Crippen molar-refractivity contribution in [2.75, 3.05) is 6.54 Å². The summed E-state index contributed by atoms with van der Waals surface area (Å²) >= 11 is 5.98. The molecule has 0 saturated carbocycles. The van der Waals surface area contributed by atoms with Crippen LogP contribution < -0.4 is 5.73 Å². The van der Waals surface area contributed by atoms with Crippen LogP contribution in [0.2, 0.25) is 0 Å². The molecule has 1 nitrogen and oxygen atoms in total. The van der Waals surface area contributed by atoms with Crippen LogP contribution in [0.25, 0.3) is 0 Å². The quantitative estimate of drug-likeness (QED) is 0.639. The lowest BCUT2D eigenvalue weighted by atomic mass is 9.95. The largest absolute Gasteiger partial charge is 0.327 e. The van der Waals surface area contributed by atoms with Crippen LogP contribution in [0.4, 0.5) is 0 Å². The Labute approximate surface area is 73.9 Å². The van der Waals surface area contributed by atoms with E-state index in [-0.39, 0.29) is 5.41 Å². The van der Waals surface area contributed by atoms with Crippen molar-refractivity contribution >= 4 is 11.6 Å². The Kier molecular flexibility index (Phi) is 3.84. The van der Waals surface area contributed by atoms with Crippen LogP contribution >= 0.6 is 11.6 Å². The summed E-state index contributed by atoms with van der Waals surface area (Å²) in [5.74, 6) is 0. The fourth-order valence-corrected chi connectivity index (χ4v) is 0.609. The van der Waals surface area contributed by atoms with Gasteiger partial charge in [0.15, 0.2) is 0 Å². The zero-order valence-electron chi connectivity index (χ0n) is 7.45. The van der Waals surface area contributed by atoms with Gasteiger partial charge in [0, 0.05) is 11.6 Å². The van der Waals surface area contributed by atoms with Crippen molar-refractivity contribution in [3.05, 3.63) is 23.3 Å². The number of rotatable bonds is 2. The zero-order valence-corrected chi connectivity index (χ0v) is 8.20. The lowest BCUT2D eigenvalue weighted by molar-refractivity contribution is 0.530. The van der Waals surface area contributed by atoms with E-state index in [0.29, 0.717) is 6.54 Å². The highest BCUT2D eigenvalue weighted by atomic mass is 35.5. The second-order valence-corrected chi connectivity index (χ2v) is 4.01. The van der Waals surface area contributed by atoms with Crippen LogP contribution in [0.1, 0.15) is 20.8 Å². The SMILES string of the molecule is C=C(/C=C(/Cl)C(C)(C)C)CN. The molecule has 0 spiro atoms. The highest BCUT2D eigenvalue weighted by Crippen LogP contribution is 2.28. The molecule has 0 atom stereocenters. The Morgan fingerprint density at radius 3 is 2.27 bits per heavy atom. The van der Waals surface area contributed by atoms with Crippen LogP contribution in [0.15, 0.2) is 23.3 Å². The summed E-state index contributed by atoms with van der Waals surface area (Å²) in [6, 6.07) is 0. The molecule has 0 aromatic heterocycles. The lowest BCUT2D eigenvalue weighted by Gasteiger charge is -2.17. The summed E-state index contributed by atoms with van der Waals surface area (Å²) in [6.45, 7) is 10.4. The minimum Gasteiger partial charge on any atom is -0.327 e. The molecule has 0 aliphatic rings. The van der Waals surface area contributed by atoms with Gasteiger partial charge < -0.3 is 5.73 Å². The molecule has 0 bridgehead atoms. The first-order valence-electron chi connectivity index (χ1n) is 3.63. The first-order chi connectivity index (χ1) is 4.88. The Balaban J connectivity index is 4.35. The fourth-order valence-electron chi connectivity index (χ4n) is 0.455. The van der Waals surface area contributed by atoms with Crippen LogP contribution in [-0.2, 0) is 0 Å². The van der Waals surface area contributed by atoms with E-state index in [1.54, 1.807) is 0 Å². The number of hydrogen-bond donors (Lipinski definition) is 1. The van der Waals surface area contributed by atoms with E-state index in [9.17, 15) is 0 Å². The first kappa shape index (κ1) is 10.7. The summed E-state index contributed by atoms with van der Waals surface area (Å²) in [6.07, 6.45) is 1.83. The molecule has 0 radical (unpaired) electrons. The van der Waals surface area contributed by atoms with Gasteiger partial charge in [0.1, 0.15) is 0 Å². The van der Waals surface area contributed by atoms with Gasteiger partial charge in [-0.1, -0.05) is 39.0 Å².